The molecule has 2 aromatic heterocycles. The fourth-order valence-electron chi connectivity index (χ4n) is 2.44. The van der Waals surface area contributed by atoms with Gasteiger partial charge >= 0.3 is 0 Å². The molecule has 0 fully saturated rings. The van der Waals surface area contributed by atoms with Gasteiger partial charge in [0, 0.05) is 18.0 Å². The summed E-state index contributed by atoms with van der Waals surface area (Å²) in [5, 5.41) is 14.2. The first-order valence-electron chi connectivity index (χ1n) is 7.28. The van der Waals surface area contributed by atoms with E-state index in [-0.39, 0.29) is 0 Å². The minimum Gasteiger partial charge on any atom is -0.326 e. The second-order valence-electron chi connectivity index (χ2n) is 5.07. The Morgan fingerprint density at radius 3 is 2.48 bits per heavy atom. The van der Waals surface area contributed by atoms with Crippen LogP contribution in [0.25, 0.3) is 15.5 Å². The first kappa shape index (κ1) is 14.2. The number of nitrogens with zero attached hydrogens (tertiary/aromatic N) is 4. The van der Waals surface area contributed by atoms with E-state index >= 15 is 0 Å². The second-order valence-corrected chi connectivity index (χ2v) is 6.03. The molecule has 2 heterocycles. The van der Waals surface area contributed by atoms with Crippen LogP contribution >= 0.6 is 11.3 Å². The zero-order valence-electron chi connectivity index (χ0n) is 12.3. The van der Waals surface area contributed by atoms with Gasteiger partial charge in [-0.05, 0) is 18.4 Å². The van der Waals surface area contributed by atoms with Crippen molar-refractivity contribution in [1.82, 2.24) is 19.8 Å². The Labute approximate surface area is 127 Å². The van der Waals surface area contributed by atoms with Crippen molar-refractivity contribution in [2.75, 3.05) is 0 Å². The summed E-state index contributed by atoms with van der Waals surface area (Å²) < 4.78 is 1.90. The molecule has 1 aromatic carbocycles. The summed E-state index contributed by atoms with van der Waals surface area (Å²) >= 11 is 1.57. The Morgan fingerprint density at radius 1 is 1.14 bits per heavy atom. The molecule has 0 bridgehead atoms. The van der Waals surface area contributed by atoms with Crippen LogP contribution in [-0.4, -0.2) is 19.8 Å². The highest BCUT2D eigenvalue weighted by Gasteiger charge is 2.18. The highest BCUT2D eigenvalue weighted by atomic mass is 32.1. The zero-order valence-corrected chi connectivity index (χ0v) is 13.1. The van der Waals surface area contributed by atoms with Gasteiger partial charge in [0.1, 0.15) is 5.01 Å². The monoisotopic (exact) mass is 301 g/mol. The number of hydrogen-bond donors (Lipinski definition) is 1. The molecular formula is C15H19N5S. The van der Waals surface area contributed by atoms with E-state index in [1.54, 1.807) is 11.3 Å². The van der Waals surface area contributed by atoms with E-state index in [2.05, 4.69) is 36.2 Å². The fourth-order valence-corrected chi connectivity index (χ4v) is 3.29. The molecule has 6 heteroatoms. The summed E-state index contributed by atoms with van der Waals surface area (Å²) in [6, 6.07) is 8.20. The van der Waals surface area contributed by atoms with E-state index in [9.17, 15) is 0 Å². The van der Waals surface area contributed by atoms with Gasteiger partial charge in [0.05, 0.1) is 0 Å². The summed E-state index contributed by atoms with van der Waals surface area (Å²) in [6.07, 6.45) is 2.10. The molecule has 0 spiro atoms. The van der Waals surface area contributed by atoms with Crippen molar-refractivity contribution in [2.24, 2.45) is 5.73 Å². The van der Waals surface area contributed by atoms with E-state index in [1.165, 1.54) is 0 Å². The van der Waals surface area contributed by atoms with Crippen molar-refractivity contribution in [2.45, 2.75) is 39.2 Å². The number of nitrogens with two attached hydrogens (primary N) is 1. The highest BCUT2D eigenvalue weighted by Crippen LogP contribution is 2.28. The number of aromatic nitrogens is 4. The van der Waals surface area contributed by atoms with Gasteiger partial charge in [-0.3, -0.25) is 0 Å². The maximum absolute atomic E-state index is 5.63. The molecule has 0 radical (unpaired) electrons. The van der Waals surface area contributed by atoms with Crippen molar-refractivity contribution < 1.29 is 0 Å². The average molecular weight is 301 g/mol. The normalized spacial score (nSPS) is 11.6. The van der Waals surface area contributed by atoms with Gasteiger partial charge in [0.25, 0.3) is 0 Å². The van der Waals surface area contributed by atoms with Gasteiger partial charge in [-0.1, -0.05) is 49.4 Å². The van der Waals surface area contributed by atoms with Gasteiger partial charge in [-0.2, -0.15) is 9.61 Å². The standard InChI is InChI=1S/C15H19N5S/c1-3-11(4-2)13-17-18-15-20(13)19-14(21-15)12-7-5-10(9-16)6-8-12/h5-8,11H,3-4,9,16H2,1-2H3. The average Bonchev–Trinajstić information content (AvgIpc) is 3.10. The van der Waals surface area contributed by atoms with E-state index in [1.807, 2.05) is 16.6 Å². The van der Waals surface area contributed by atoms with E-state index in [0.717, 1.165) is 39.8 Å². The van der Waals surface area contributed by atoms with Crippen LogP contribution in [0.15, 0.2) is 24.3 Å². The Morgan fingerprint density at radius 2 is 1.86 bits per heavy atom. The van der Waals surface area contributed by atoms with Crippen molar-refractivity contribution >= 4 is 16.3 Å². The van der Waals surface area contributed by atoms with Crippen LogP contribution < -0.4 is 5.73 Å². The third-order valence-electron chi connectivity index (χ3n) is 3.80. The number of benzene rings is 1. The molecule has 0 saturated carbocycles. The van der Waals surface area contributed by atoms with Gasteiger partial charge < -0.3 is 5.73 Å². The van der Waals surface area contributed by atoms with Crippen LogP contribution in [0.5, 0.6) is 0 Å². The minimum absolute atomic E-state index is 0.412. The molecule has 5 nitrogen and oxygen atoms in total. The van der Waals surface area contributed by atoms with Crippen LogP contribution in [0.3, 0.4) is 0 Å². The van der Waals surface area contributed by atoms with Crippen molar-refractivity contribution in [1.29, 1.82) is 0 Å². The van der Waals surface area contributed by atoms with Crippen LogP contribution in [0.1, 0.15) is 44.0 Å². The van der Waals surface area contributed by atoms with Gasteiger partial charge in [0.15, 0.2) is 5.82 Å². The first-order valence-corrected chi connectivity index (χ1v) is 8.10. The van der Waals surface area contributed by atoms with Gasteiger partial charge in [-0.15, -0.1) is 10.2 Å². The Balaban J connectivity index is 2.00. The fraction of sp³-hybridized carbons (Fsp3) is 0.400. The predicted molar refractivity (Wildman–Crippen MR) is 85.3 cm³/mol. The second kappa shape index (κ2) is 5.91. The minimum atomic E-state index is 0.412. The third kappa shape index (κ3) is 2.56. The van der Waals surface area contributed by atoms with Crippen LogP contribution in [0.4, 0.5) is 0 Å². The van der Waals surface area contributed by atoms with E-state index in [4.69, 9.17) is 10.8 Å². The predicted octanol–water partition coefficient (Wildman–Crippen LogP) is 3.22. The lowest BCUT2D eigenvalue weighted by molar-refractivity contribution is 0.584. The third-order valence-corrected chi connectivity index (χ3v) is 4.75. The topological polar surface area (TPSA) is 69.1 Å². The number of rotatable bonds is 5. The summed E-state index contributed by atoms with van der Waals surface area (Å²) in [4.78, 5) is 0.856. The van der Waals surface area contributed by atoms with Gasteiger partial charge in [-0.25, -0.2) is 0 Å². The lowest BCUT2D eigenvalue weighted by Crippen LogP contribution is -2.03. The quantitative estimate of drug-likeness (QED) is 0.785. The molecule has 21 heavy (non-hydrogen) atoms. The summed E-state index contributed by atoms with van der Waals surface area (Å²) in [5.74, 6) is 1.38. The van der Waals surface area contributed by atoms with Crippen LogP contribution in [0, 0.1) is 0 Å². The molecule has 110 valence electrons. The molecule has 3 rings (SSSR count). The van der Waals surface area contributed by atoms with E-state index in [0.29, 0.717) is 12.5 Å². The summed E-state index contributed by atoms with van der Waals surface area (Å²) in [7, 11) is 0. The summed E-state index contributed by atoms with van der Waals surface area (Å²) in [6.45, 7) is 4.91. The van der Waals surface area contributed by atoms with Crippen molar-refractivity contribution in [3.63, 3.8) is 0 Å². The zero-order chi connectivity index (χ0) is 14.8. The molecule has 0 aliphatic rings. The summed E-state index contributed by atoms with van der Waals surface area (Å²) in [5.41, 5.74) is 7.85. The van der Waals surface area contributed by atoms with Crippen molar-refractivity contribution in [3.05, 3.63) is 35.7 Å². The molecule has 0 aliphatic carbocycles. The maximum Gasteiger partial charge on any atom is 0.234 e. The van der Waals surface area contributed by atoms with E-state index < -0.39 is 0 Å². The molecule has 0 aliphatic heterocycles. The highest BCUT2D eigenvalue weighted by molar-refractivity contribution is 7.19. The van der Waals surface area contributed by atoms with Crippen molar-refractivity contribution in [3.8, 4) is 10.6 Å². The molecule has 0 unspecified atom stereocenters. The smallest absolute Gasteiger partial charge is 0.234 e. The van der Waals surface area contributed by atoms with Crippen LogP contribution in [0.2, 0.25) is 0 Å². The van der Waals surface area contributed by atoms with Crippen LogP contribution in [-0.2, 0) is 6.54 Å². The first-order chi connectivity index (χ1) is 10.3. The maximum atomic E-state index is 5.63. The lowest BCUT2D eigenvalue weighted by atomic mass is 10.0. The lowest BCUT2D eigenvalue weighted by Gasteiger charge is -2.07. The number of fused-ring (bicyclic) bond motifs is 1. The molecule has 0 saturated heterocycles. The largest absolute Gasteiger partial charge is 0.326 e. The van der Waals surface area contributed by atoms with Gasteiger partial charge in [0.2, 0.25) is 4.96 Å². The molecule has 0 atom stereocenters. The Hall–Kier alpha value is -1.79. The number of hydrogen-bond acceptors (Lipinski definition) is 5. The SMILES string of the molecule is CCC(CC)c1nnc2sc(-c3ccc(CN)cc3)nn12. The Kier molecular flexibility index (Phi) is 3.98. The molecule has 3 aromatic rings. The Bertz CT molecular complexity index is 724. The molecule has 2 N–H and O–H groups in total. The molecule has 0 amide bonds. The molecular weight excluding hydrogens is 282 g/mol.